The highest BCUT2D eigenvalue weighted by molar-refractivity contribution is 9.08. The smallest absolute Gasteiger partial charge is 0.147 e. The topological polar surface area (TPSA) is 3.24 Å². The number of aryl methyl sites for hydroxylation is 1. The molecule has 98 valence electrons. The molecule has 0 unspecified atom stereocenters. The second kappa shape index (κ2) is 5.33. The Bertz CT molecular complexity index is 597. The second-order valence-corrected chi connectivity index (χ2v) is 5.33. The summed E-state index contributed by atoms with van der Waals surface area (Å²) < 4.78 is 14.3. The zero-order chi connectivity index (χ0) is 13.2. The average Bonchev–Trinajstić information content (AvgIpc) is 2.46. The summed E-state index contributed by atoms with van der Waals surface area (Å²) in [4.78, 5) is 2.12. The summed E-state index contributed by atoms with van der Waals surface area (Å²) in [5.74, 6) is -0.145. The molecule has 0 spiro atoms. The van der Waals surface area contributed by atoms with E-state index in [0.29, 0.717) is 11.0 Å². The molecule has 3 rings (SSSR count). The number of nitrogens with zero attached hydrogens (tertiary/aromatic N) is 1. The molecule has 0 amide bonds. The molecule has 0 N–H and O–H groups in total. The van der Waals surface area contributed by atoms with E-state index in [0.717, 1.165) is 30.6 Å². The van der Waals surface area contributed by atoms with Crippen LogP contribution in [-0.2, 0) is 11.8 Å². The fourth-order valence-corrected chi connectivity index (χ4v) is 3.19. The van der Waals surface area contributed by atoms with Gasteiger partial charge in [0, 0.05) is 17.6 Å². The first-order chi connectivity index (χ1) is 9.31. The van der Waals surface area contributed by atoms with E-state index in [9.17, 15) is 4.39 Å². The predicted octanol–water partition coefficient (Wildman–Crippen LogP) is 4.80. The van der Waals surface area contributed by atoms with E-state index in [1.54, 1.807) is 12.1 Å². The van der Waals surface area contributed by atoms with Crippen molar-refractivity contribution in [3.05, 3.63) is 59.4 Å². The minimum absolute atomic E-state index is 0.145. The van der Waals surface area contributed by atoms with Crippen LogP contribution in [-0.4, -0.2) is 6.54 Å². The molecule has 0 aromatic heterocycles. The molecule has 1 aliphatic heterocycles. The minimum atomic E-state index is -0.145. The van der Waals surface area contributed by atoms with Crippen LogP contribution in [0.1, 0.15) is 17.5 Å². The van der Waals surface area contributed by atoms with E-state index in [-0.39, 0.29) is 5.82 Å². The second-order valence-electron chi connectivity index (χ2n) is 4.77. The number of hydrogen-bond acceptors (Lipinski definition) is 1. The standard InChI is InChI=1S/C16H15BrFN/c17-11-13-6-3-8-14(18)16(13)19-10-4-7-12-5-1-2-9-15(12)19/h1-3,5-6,8-9H,4,7,10-11H2. The number of para-hydroxylation sites is 2. The molecule has 0 atom stereocenters. The minimum Gasteiger partial charge on any atom is -0.339 e. The normalized spacial score (nSPS) is 14.3. The van der Waals surface area contributed by atoms with E-state index in [1.807, 2.05) is 12.1 Å². The highest BCUT2D eigenvalue weighted by atomic mass is 79.9. The maximum Gasteiger partial charge on any atom is 0.147 e. The maximum atomic E-state index is 14.3. The van der Waals surface area contributed by atoms with Gasteiger partial charge in [-0.1, -0.05) is 46.3 Å². The Morgan fingerprint density at radius 2 is 1.95 bits per heavy atom. The van der Waals surface area contributed by atoms with Crippen LogP contribution in [0.25, 0.3) is 0 Å². The van der Waals surface area contributed by atoms with Crippen LogP contribution < -0.4 is 4.90 Å². The lowest BCUT2D eigenvalue weighted by Crippen LogP contribution is -2.26. The third-order valence-electron chi connectivity index (χ3n) is 3.59. The summed E-state index contributed by atoms with van der Waals surface area (Å²) in [6.45, 7) is 0.873. The number of hydrogen-bond donors (Lipinski definition) is 0. The molecular weight excluding hydrogens is 305 g/mol. The lowest BCUT2D eigenvalue weighted by molar-refractivity contribution is 0.619. The highest BCUT2D eigenvalue weighted by Crippen LogP contribution is 2.37. The Labute approximate surface area is 121 Å². The van der Waals surface area contributed by atoms with Crippen LogP contribution in [0.4, 0.5) is 15.8 Å². The summed E-state index contributed by atoms with van der Waals surface area (Å²) in [5.41, 5.74) is 4.15. The largest absolute Gasteiger partial charge is 0.339 e. The number of anilines is 2. The monoisotopic (exact) mass is 319 g/mol. The van der Waals surface area contributed by atoms with Crippen LogP contribution in [0.3, 0.4) is 0 Å². The van der Waals surface area contributed by atoms with Gasteiger partial charge in [0.25, 0.3) is 0 Å². The fraction of sp³-hybridized carbons (Fsp3) is 0.250. The SMILES string of the molecule is Fc1cccc(CBr)c1N1CCCc2ccccc21. The van der Waals surface area contributed by atoms with E-state index in [1.165, 1.54) is 5.56 Å². The fourth-order valence-electron chi connectivity index (χ4n) is 2.74. The number of benzene rings is 2. The highest BCUT2D eigenvalue weighted by Gasteiger charge is 2.22. The van der Waals surface area contributed by atoms with Gasteiger partial charge in [0.1, 0.15) is 5.82 Å². The number of halogens is 2. The third-order valence-corrected chi connectivity index (χ3v) is 4.20. The van der Waals surface area contributed by atoms with Crippen LogP contribution in [0.2, 0.25) is 0 Å². The van der Waals surface area contributed by atoms with E-state index >= 15 is 0 Å². The zero-order valence-corrected chi connectivity index (χ0v) is 12.2. The van der Waals surface area contributed by atoms with Gasteiger partial charge < -0.3 is 4.90 Å². The van der Waals surface area contributed by atoms with Crippen molar-refractivity contribution in [1.82, 2.24) is 0 Å². The molecule has 0 saturated heterocycles. The van der Waals surface area contributed by atoms with Crippen LogP contribution in [0, 0.1) is 5.82 Å². The van der Waals surface area contributed by atoms with Crippen molar-refractivity contribution in [3.63, 3.8) is 0 Å². The molecule has 19 heavy (non-hydrogen) atoms. The molecule has 1 nitrogen and oxygen atoms in total. The van der Waals surface area contributed by atoms with Gasteiger partial charge in [-0.05, 0) is 36.1 Å². The van der Waals surface area contributed by atoms with Crippen LogP contribution >= 0.6 is 15.9 Å². The molecule has 0 saturated carbocycles. The van der Waals surface area contributed by atoms with Gasteiger partial charge in [-0.25, -0.2) is 4.39 Å². The van der Waals surface area contributed by atoms with Crippen LogP contribution in [0.5, 0.6) is 0 Å². The molecule has 2 aromatic rings. The molecule has 0 aliphatic carbocycles. The summed E-state index contributed by atoms with van der Waals surface area (Å²) in [5, 5.41) is 0.665. The van der Waals surface area contributed by atoms with Gasteiger partial charge in [-0.15, -0.1) is 0 Å². The van der Waals surface area contributed by atoms with Crippen molar-refractivity contribution in [2.75, 3.05) is 11.4 Å². The van der Waals surface area contributed by atoms with Crippen molar-refractivity contribution in [1.29, 1.82) is 0 Å². The lowest BCUT2D eigenvalue weighted by Gasteiger charge is -2.32. The molecule has 2 aromatic carbocycles. The van der Waals surface area contributed by atoms with Gasteiger partial charge in [-0.3, -0.25) is 0 Å². The maximum absolute atomic E-state index is 14.3. The molecule has 1 heterocycles. The van der Waals surface area contributed by atoms with Crippen molar-refractivity contribution in [2.24, 2.45) is 0 Å². The summed E-state index contributed by atoms with van der Waals surface area (Å²) in [6, 6.07) is 13.6. The Balaban J connectivity index is 2.14. The molecular formula is C16H15BrFN. The van der Waals surface area contributed by atoms with Crippen molar-refractivity contribution < 1.29 is 4.39 Å². The van der Waals surface area contributed by atoms with Crippen molar-refractivity contribution in [2.45, 2.75) is 18.2 Å². The van der Waals surface area contributed by atoms with E-state index in [2.05, 4.69) is 39.0 Å². The Morgan fingerprint density at radius 1 is 1.11 bits per heavy atom. The molecule has 3 heteroatoms. The van der Waals surface area contributed by atoms with E-state index in [4.69, 9.17) is 0 Å². The van der Waals surface area contributed by atoms with E-state index < -0.39 is 0 Å². The van der Waals surface area contributed by atoms with Crippen molar-refractivity contribution >= 4 is 27.3 Å². The first-order valence-corrected chi connectivity index (χ1v) is 7.62. The quantitative estimate of drug-likeness (QED) is 0.718. The average molecular weight is 320 g/mol. The predicted molar refractivity (Wildman–Crippen MR) is 80.8 cm³/mol. The van der Waals surface area contributed by atoms with Gasteiger partial charge in [0.05, 0.1) is 5.69 Å². The Kier molecular flexibility index (Phi) is 3.56. The molecule has 0 fully saturated rings. The first-order valence-electron chi connectivity index (χ1n) is 6.50. The Hall–Kier alpha value is -1.35. The number of alkyl halides is 1. The molecule has 1 aliphatic rings. The summed E-state index contributed by atoms with van der Waals surface area (Å²) >= 11 is 3.46. The number of fused-ring (bicyclic) bond motifs is 1. The summed E-state index contributed by atoms with van der Waals surface area (Å²) in [7, 11) is 0. The Morgan fingerprint density at radius 3 is 2.79 bits per heavy atom. The zero-order valence-electron chi connectivity index (χ0n) is 10.6. The molecule has 0 radical (unpaired) electrons. The summed E-state index contributed by atoms with van der Waals surface area (Å²) in [6.07, 6.45) is 2.14. The number of rotatable bonds is 2. The first kappa shape index (κ1) is 12.7. The van der Waals surface area contributed by atoms with Gasteiger partial charge in [-0.2, -0.15) is 0 Å². The van der Waals surface area contributed by atoms with Crippen LogP contribution in [0.15, 0.2) is 42.5 Å². The van der Waals surface area contributed by atoms with Gasteiger partial charge in [0.15, 0.2) is 0 Å². The van der Waals surface area contributed by atoms with Gasteiger partial charge in [0.2, 0.25) is 0 Å². The lowest BCUT2D eigenvalue weighted by atomic mass is 10.00. The van der Waals surface area contributed by atoms with Crippen molar-refractivity contribution in [3.8, 4) is 0 Å². The molecule has 0 bridgehead atoms. The third kappa shape index (κ3) is 2.27. The van der Waals surface area contributed by atoms with Gasteiger partial charge >= 0.3 is 0 Å².